The van der Waals surface area contributed by atoms with Crippen LogP contribution in [0.2, 0.25) is 0 Å². The van der Waals surface area contributed by atoms with Gasteiger partial charge in [-0.25, -0.2) is 4.79 Å². The molecule has 1 heterocycles. The van der Waals surface area contributed by atoms with Gasteiger partial charge < -0.3 is 39.7 Å². The summed E-state index contributed by atoms with van der Waals surface area (Å²) < 4.78 is 16.5. The third-order valence-corrected chi connectivity index (χ3v) is 5.52. The van der Waals surface area contributed by atoms with Crippen LogP contribution in [0.1, 0.15) is 44.5 Å². The largest absolute Gasteiger partial charge is 0.508 e. The molecule has 0 saturated carbocycles. The summed E-state index contributed by atoms with van der Waals surface area (Å²) in [4.78, 5) is 12.8. The van der Waals surface area contributed by atoms with E-state index in [1.54, 1.807) is 6.92 Å². The Kier molecular flexibility index (Phi) is 7.47. The molecule has 0 aromatic heterocycles. The molecule has 1 aromatic rings. The number of benzene rings is 1. The Hall–Kier alpha value is -1.91. The highest BCUT2D eigenvalue weighted by molar-refractivity contribution is 5.93. The average molecular weight is 414 g/mol. The maximum Gasteiger partial charge on any atom is 0.342 e. The van der Waals surface area contributed by atoms with Crippen molar-refractivity contribution in [2.75, 3.05) is 6.61 Å². The summed E-state index contributed by atoms with van der Waals surface area (Å²) in [6.45, 7) is 6.92. The van der Waals surface area contributed by atoms with Crippen LogP contribution in [0, 0.1) is 5.92 Å². The van der Waals surface area contributed by atoms with E-state index in [9.17, 15) is 30.3 Å². The SMILES string of the molecule is CCC(C)(OC(=O)c1cc(O)ccc1O[C@@H]1O[C@H](CO)[C@@H](O)[C@H](O)[C@H]1O)C(C)C. The van der Waals surface area contributed by atoms with Gasteiger partial charge in [-0.1, -0.05) is 20.8 Å². The van der Waals surface area contributed by atoms with E-state index in [0.717, 1.165) is 6.07 Å². The van der Waals surface area contributed by atoms with E-state index in [-0.39, 0.29) is 23.0 Å². The van der Waals surface area contributed by atoms with Crippen molar-refractivity contribution < 1.29 is 44.5 Å². The van der Waals surface area contributed by atoms with Gasteiger partial charge in [0.2, 0.25) is 6.29 Å². The number of aromatic hydroxyl groups is 1. The minimum absolute atomic E-state index is 0.0311. The second-order valence-corrected chi connectivity index (χ2v) is 7.71. The first kappa shape index (κ1) is 23.4. The fourth-order valence-electron chi connectivity index (χ4n) is 2.94. The lowest BCUT2D eigenvalue weighted by atomic mass is 9.89. The number of ether oxygens (including phenoxy) is 3. The number of esters is 1. The number of phenols is 1. The maximum absolute atomic E-state index is 12.8. The Balaban J connectivity index is 2.29. The van der Waals surface area contributed by atoms with Gasteiger partial charge in [-0.3, -0.25) is 0 Å². The quantitative estimate of drug-likeness (QED) is 0.404. The van der Waals surface area contributed by atoms with Gasteiger partial charge in [-0.05, 0) is 37.5 Å². The maximum atomic E-state index is 12.8. The van der Waals surface area contributed by atoms with Gasteiger partial charge in [0.15, 0.2) is 0 Å². The second kappa shape index (κ2) is 9.27. The summed E-state index contributed by atoms with van der Waals surface area (Å²) in [5.74, 6) is -0.956. The normalized spacial score (nSPS) is 29.3. The molecule has 6 atom stereocenters. The molecule has 9 heteroatoms. The molecule has 2 rings (SSSR count). The molecule has 0 bridgehead atoms. The van der Waals surface area contributed by atoms with Crippen LogP contribution in [0.5, 0.6) is 11.5 Å². The summed E-state index contributed by atoms with van der Waals surface area (Å²) in [7, 11) is 0. The zero-order chi connectivity index (χ0) is 21.9. The molecule has 1 saturated heterocycles. The third kappa shape index (κ3) is 4.99. The predicted molar refractivity (Wildman–Crippen MR) is 101 cm³/mol. The number of carbonyl (C=O) groups excluding carboxylic acids is 1. The van der Waals surface area contributed by atoms with Crippen LogP contribution in [0.25, 0.3) is 0 Å². The summed E-state index contributed by atoms with van der Waals surface area (Å²) in [5, 5.41) is 49.0. The molecular formula is C20H30O9. The van der Waals surface area contributed by atoms with E-state index in [1.807, 2.05) is 20.8 Å². The fourth-order valence-corrected chi connectivity index (χ4v) is 2.94. The van der Waals surface area contributed by atoms with Gasteiger partial charge in [0.1, 0.15) is 47.1 Å². The highest BCUT2D eigenvalue weighted by Crippen LogP contribution is 2.32. The van der Waals surface area contributed by atoms with Crippen molar-refractivity contribution in [2.24, 2.45) is 5.92 Å². The zero-order valence-corrected chi connectivity index (χ0v) is 17.0. The average Bonchev–Trinajstić information content (AvgIpc) is 2.69. The number of hydrogen-bond donors (Lipinski definition) is 5. The molecule has 5 N–H and O–H groups in total. The van der Waals surface area contributed by atoms with Crippen molar-refractivity contribution in [1.82, 2.24) is 0 Å². The van der Waals surface area contributed by atoms with Crippen molar-refractivity contribution >= 4 is 5.97 Å². The molecule has 0 spiro atoms. The molecule has 1 aromatic carbocycles. The molecule has 0 aliphatic carbocycles. The Labute approximate surface area is 169 Å². The minimum atomic E-state index is -1.64. The Morgan fingerprint density at radius 3 is 2.41 bits per heavy atom. The van der Waals surface area contributed by atoms with Crippen molar-refractivity contribution in [3.05, 3.63) is 23.8 Å². The van der Waals surface area contributed by atoms with E-state index in [1.165, 1.54) is 12.1 Å². The lowest BCUT2D eigenvalue weighted by molar-refractivity contribution is -0.277. The van der Waals surface area contributed by atoms with E-state index in [4.69, 9.17) is 14.2 Å². The number of carbonyl (C=O) groups is 1. The molecule has 0 amide bonds. The molecule has 1 fully saturated rings. The monoisotopic (exact) mass is 414 g/mol. The number of aliphatic hydroxyl groups is 4. The molecular weight excluding hydrogens is 384 g/mol. The van der Waals surface area contributed by atoms with Crippen LogP contribution in [0.4, 0.5) is 0 Å². The molecule has 0 radical (unpaired) electrons. The smallest absolute Gasteiger partial charge is 0.342 e. The minimum Gasteiger partial charge on any atom is -0.508 e. The first-order chi connectivity index (χ1) is 13.5. The van der Waals surface area contributed by atoms with Gasteiger partial charge in [0.25, 0.3) is 0 Å². The van der Waals surface area contributed by atoms with Crippen molar-refractivity contribution in [3.8, 4) is 11.5 Å². The van der Waals surface area contributed by atoms with Crippen molar-refractivity contribution in [2.45, 2.75) is 70.4 Å². The van der Waals surface area contributed by atoms with E-state index in [2.05, 4.69) is 0 Å². The van der Waals surface area contributed by atoms with E-state index >= 15 is 0 Å². The Morgan fingerprint density at radius 1 is 1.21 bits per heavy atom. The lowest BCUT2D eigenvalue weighted by Crippen LogP contribution is -2.60. The Bertz CT molecular complexity index is 705. The van der Waals surface area contributed by atoms with Crippen LogP contribution < -0.4 is 4.74 Å². The number of rotatable bonds is 7. The van der Waals surface area contributed by atoms with Gasteiger partial charge >= 0.3 is 5.97 Å². The first-order valence-corrected chi connectivity index (χ1v) is 9.57. The van der Waals surface area contributed by atoms with Crippen LogP contribution in [-0.2, 0) is 9.47 Å². The first-order valence-electron chi connectivity index (χ1n) is 9.57. The molecule has 1 aliphatic heterocycles. The van der Waals surface area contributed by atoms with Crippen LogP contribution in [0.15, 0.2) is 18.2 Å². The van der Waals surface area contributed by atoms with Crippen LogP contribution >= 0.6 is 0 Å². The van der Waals surface area contributed by atoms with Crippen LogP contribution in [-0.4, -0.2) is 74.4 Å². The van der Waals surface area contributed by atoms with Crippen molar-refractivity contribution in [3.63, 3.8) is 0 Å². The molecule has 164 valence electrons. The standard InChI is InChI=1S/C20H30O9/c1-5-20(4,10(2)3)29-18(26)12-8-11(22)6-7-13(12)27-19-17(25)16(24)15(23)14(9-21)28-19/h6-8,10,14-17,19,21-25H,5,9H2,1-4H3/t14-,15-,16+,17-,19-,20?/m1/s1. The number of phenolic OH excluding ortho intramolecular Hbond substituents is 1. The van der Waals surface area contributed by atoms with Gasteiger partial charge in [-0.2, -0.15) is 0 Å². The summed E-state index contributed by atoms with van der Waals surface area (Å²) in [6.07, 6.45) is -6.85. The molecule has 1 aliphatic rings. The van der Waals surface area contributed by atoms with Gasteiger partial charge in [0, 0.05) is 0 Å². The zero-order valence-electron chi connectivity index (χ0n) is 17.0. The highest BCUT2D eigenvalue weighted by atomic mass is 16.7. The van der Waals surface area contributed by atoms with Gasteiger partial charge in [-0.15, -0.1) is 0 Å². The molecule has 29 heavy (non-hydrogen) atoms. The third-order valence-electron chi connectivity index (χ3n) is 5.52. The Morgan fingerprint density at radius 2 is 1.86 bits per heavy atom. The fraction of sp³-hybridized carbons (Fsp3) is 0.650. The molecule has 1 unspecified atom stereocenters. The topological polar surface area (TPSA) is 146 Å². The summed E-state index contributed by atoms with van der Waals surface area (Å²) in [6, 6.07) is 3.74. The number of aliphatic hydroxyl groups excluding tert-OH is 4. The highest BCUT2D eigenvalue weighted by Gasteiger charge is 2.45. The van der Waals surface area contributed by atoms with Gasteiger partial charge in [0.05, 0.1) is 6.61 Å². The summed E-state index contributed by atoms with van der Waals surface area (Å²) in [5.41, 5.74) is -0.842. The van der Waals surface area contributed by atoms with E-state index < -0.39 is 48.9 Å². The molecule has 9 nitrogen and oxygen atoms in total. The second-order valence-electron chi connectivity index (χ2n) is 7.71. The van der Waals surface area contributed by atoms with Crippen LogP contribution in [0.3, 0.4) is 0 Å². The lowest BCUT2D eigenvalue weighted by Gasteiger charge is -2.39. The summed E-state index contributed by atoms with van der Waals surface area (Å²) >= 11 is 0. The number of hydrogen-bond acceptors (Lipinski definition) is 9. The van der Waals surface area contributed by atoms with E-state index in [0.29, 0.717) is 6.42 Å². The van der Waals surface area contributed by atoms with Crippen molar-refractivity contribution in [1.29, 1.82) is 0 Å². The predicted octanol–water partition coefficient (Wildman–Crippen LogP) is 0.552.